The van der Waals surface area contributed by atoms with Gasteiger partial charge in [0.1, 0.15) is 0 Å². The first-order valence-electron chi connectivity index (χ1n) is 9.21. The predicted octanol–water partition coefficient (Wildman–Crippen LogP) is 3.95. The summed E-state index contributed by atoms with van der Waals surface area (Å²) in [7, 11) is 0. The van der Waals surface area contributed by atoms with Gasteiger partial charge >= 0.3 is 11.8 Å². The van der Waals surface area contributed by atoms with Gasteiger partial charge in [-0.3, -0.25) is 9.59 Å². The fourth-order valence-corrected chi connectivity index (χ4v) is 3.21. The van der Waals surface area contributed by atoms with Crippen molar-refractivity contribution >= 4 is 45.3 Å². The van der Waals surface area contributed by atoms with Crippen LogP contribution in [0.25, 0.3) is 21.5 Å². The van der Waals surface area contributed by atoms with E-state index < -0.39 is 11.8 Å². The van der Waals surface area contributed by atoms with Gasteiger partial charge in [0, 0.05) is 11.3 Å². The Balaban J connectivity index is 1.53. The van der Waals surface area contributed by atoms with E-state index in [-0.39, 0.29) is 0 Å². The Labute approximate surface area is 172 Å². The zero-order valence-electron chi connectivity index (χ0n) is 15.8. The molecule has 0 saturated heterocycles. The molecule has 0 heterocycles. The molecule has 0 atom stereocenters. The van der Waals surface area contributed by atoms with Gasteiger partial charge in [-0.2, -0.15) is 10.4 Å². The lowest BCUT2D eigenvalue weighted by Crippen LogP contribution is -2.32. The number of hydrazone groups is 1. The first-order chi connectivity index (χ1) is 14.7. The molecule has 0 fully saturated rings. The molecule has 6 nitrogen and oxygen atoms in total. The van der Waals surface area contributed by atoms with E-state index in [0.717, 1.165) is 27.1 Å². The second-order valence-corrected chi connectivity index (χ2v) is 6.57. The maximum atomic E-state index is 12.1. The topological polar surface area (TPSA) is 94.4 Å². The number of hydrogen-bond donors (Lipinski definition) is 2. The highest BCUT2D eigenvalue weighted by Crippen LogP contribution is 2.27. The number of fused-ring (bicyclic) bond motifs is 2. The maximum absolute atomic E-state index is 12.1. The van der Waals surface area contributed by atoms with Crippen molar-refractivity contribution in [2.24, 2.45) is 5.10 Å². The SMILES string of the molecule is N#Cc1ccc(NC(=O)C(=O)N/N=C/c2c3ccccc3cc3ccccc23)cc1. The second-order valence-electron chi connectivity index (χ2n) is 6.57. The number of nitrogens with one attached hydrogen (secondary N) is 2. The minimum absolute atomic E-state index is 0.415. The molecular weight excluding hydrogens is 376 g/mol. The van der Waals surface area contributed by atoms with E-state index in [4.69, 9.17) is 5.26 Å². The molecule has 144 valence electrons. The maximum Gasteiger partial charge on any atom is 0.329 e. The van der Waals surface area contributed by atoms with E-state index in [0.29, 0.717) is 11.3 Å². The minimum Gasteiger partial charge on any atom is -0.318 e. The van der Waals surface area contributed by atoms with Gasteiger partial charge in [-0.1, -0.05) is 48.5 Å². The lowest BCUT2D eigenvalue weighted by atomic mass is 9.97. The van der Waals surface area contributed by atoms with Crippen LogP contribution in [0.2, 0.25) is 0 Å². The second kappa shape index (κ2) is 8.25. The van der Waals surface area contributed by atoms with Crippen LogP contribution in [0.1, 0.15) is 11.1 Å². The number of rotatable bonds is 3. The number of nitriles is 1. The monoisotopic (exact) mass is 392 g/mol. The van der Waals surface area contributed by atoms with Crippen LogP contribution < -0.4 is 10.7 Å². The van der Waals surface area contributed by atoms with E-state index in [1.165, 1.54) is 0 Å². The molecule has 0 unspecified atom stereocenters. The molecule has 2 N–H and O–H groups in total. The van der Waals surface area contributed by atoms with Crippen molar-refractivity contribution in [3.8, 4) is 6.07 Å². The average Bonchev–Trinajstić information content (AvgIpc) is 2.79. The minimum atomic E-state index is -0.889. The molecule has 0 bridgehead atoms. The van der Waals surface area contributed by atoms with Crippen LogP contribution in [-0.4, -0.2) is 18.0 Å². The van der Waals surface area contributed by atoms with E-state index >= 15 is 0 Å². The lowest BCUT2D eigenvalue weighted by Gasteiger charge is -2.08. The standard InChI is InChI=1S/C24H16N4O2/c25-14-16-9-11-19(12-10-16)27-23(29)24(30)28-26-15-22-20-7-3-1-5-17(20)13-18-6-2-4-8-21(18)22/h1-13,15H,(H,27,29)(H,28,30)/b26-15+. The van der Waals surface area contributed by atoms with E-state index in [2.05, 4.69) is 21.9 Å². The van der Waals surface area contributed by atoms with Gasteiger partial charge in [0.2, 0.25) is 0 Å². The zero-order chi connectivity index (χ0) is 20.9. The number of amides is 2. The van der Waals surface area contributed by atoms with Crippen LogP contribution in [0.3, 0.4) is 0 Å². The fraction of sp³-hybridized carbons (Fsp3) is 0. The summed E-state index contributed by atoms with van der Waals surface area (Å²) in [5, 5.41) is 19.4. The van der Waals surface area contributed by atoms with Gasteiger partial charge in [-0.05, 0) is 51.9 Å². The van der Waals surface area contributed by atoms with Crippen LogP contribution in [0.4, 0.5) is 5.69 Å². The Morgan fingerprint density at radius 3 is 2.03 bits per heavy atom. The summed E-state index contributed by atoms with van der Waals surface area (Å²) in [5.41, 5.74) is 4.00. The Morgan fingerprint density at radius 2 is 1.43 bits per heavy atom. The summed E-state index contributed by atoms with van der Waals surface area (Å²) in [6.45, 7) is 0. The zero-order valence-corrected chi connectivity index (χ0v) is 15.8. The molecule has 2 amide bonds. The van der Waals surface area contributed by atoms with Gasteiger partial charge in [0.15, 0.2) is 0 Å². The highest BCUT2D eigenvalue weighted by Gasteiger charge is 2.13. The molecular formula is C24H16N4O2. The molecule has 4 aromatic rings. The van der Waals surface area contributed by atoms with E-state index in [1.807, 2.05) is 54.6 Å². The molecule has 4 aromatic carbocycles. The number of carbonyl (C=O) groups excluding carboxylic acids is 2. The molecule has 0 aliphatic carbocycles. The summed E-state index contributed by atoms with van der Waals surface area (Å²) in [5.74, 6) is -1.74. The number of benzene rings is 4. The third kappa shape index (κ3) is 3.86. The number of nitrogens with zero attached hydrogens (tertiary/aromatic N) is 2. The van der Waals surface area contributed by atoms with Crippen LogP contribution >= 0.6 is 0 Å². The van der Waals surface area contributed by atoms with Crippen molar-refractivity contribution in [2.45, 2.75) is 0 Å². The first-order valence-corrected chi connectivity index (χ1v) is 9.21. The fourth-order valence-electron chi connectivity index (χ4n) is 3.21. The number of carbonyl (C=O) groups is 2. The Kier molecular flexibility index (Phi) is 5.18. The van der Waals surface area contributed by atoms with Gasteiger partial charge < -0.3 is 5.32 Å². The molecule has 0 saturated carbocycles. The normalized spacial score (nSPS) is 10.8. The van der Waals surface area contributed by atoms with Crippen LogP contribution in [-0.2, 0) is 9.59 Å². The number of anilines is 1. The lowest BCUT2D eigenvalue weighted by molar-refractivity contribution is -0.136. The largest absolute Gasteiger partial charge is 0.329 e. The van der Waals surface area contributed by atoms with Crippen molar-refractivity contribution in [1.29, 1.82) is 5.26 Å². The summed E-state index contributed by atoms with van der Waals surface area (Å²) >= 11 is 0. The summed E-state index contributed by atoms with van der Waals surface area (Å²) in [6.07, 6.45) is 1.55. The third-order valence-electron chi connectivity index (χ3n) is 4.65. The summed E-state index contributed by atoms with van der Waals surface area (Å²) < 4.78 is 0. The van der Waals surface area contributed by atoms with Gasteiger partial charge in [0.25, 0.3) is 0 Å². The summed E-state index contributed by atoms with van der Waals surface area (Å²) in [4.78, 5) is 24.2. The van der Waals surface area contributed by atoms with Crippen LogP contribution in [0, 0.1) is 11.3 Å². The Hall–Kier alpha value is -4.50. The molecule has 0 aromatic heterocycles. The Bertz CT molecular complexity index is 1280. The molecule has 6 heteroatoms. The molecule has 4 rings (SSSR count). The van der Waals surface area contributed by atoms with Crippen molar-refractivity contribution in [1.82, 2.24) is 5.43 Å². The highest BCUT2D eigenvalue weighted by molar-refractivity contribution is 6.39. The van der Waals surface area contributed by atoms with E-state index in [9.17, 15) is 9.59 Å². The molecule has 30 heavy (non-hydrogen) atoms. The van der Waals surface area contributed by atoms with Crippen LogP contribution in [0.15, 0.2) is 84.0 Å². The van der Waals surface area contributed by atoms with Crippen molar-refractivity contribution in [3.63, 3.8) is 0 Å². The van der Waals surface area contributed by atoms with Gasteiger partial charge in [0.05, 0.1) is 17.8 Å². The molecule has 0 spiro atoms. The van der Waals surface area contributed by atoms with Crippen molar-refractivity contribution < 1.29 is 9.59 Å². The average molecular weight is 392 g/mol. The van der Waals surface area contributed by atoms with Crippen molar-refractivity contribution in [3.05, 3.63) is 90.0 Å². The van der Waals surface area contributed by atoms with Gasteiger partial charge in [-0.25, -0.2) is 5.43 Å². The molecule has 0 aliphatic rings. The molecule has 0 radical (unpaired) electrons. The van der Waals surface area contributed by atoms with Crippen LogP contribution in [0.5, 0.6) is 0 Å². The van der Waals surface area contributed by atoms with Crippen molar-refractivity contribution in [2.75, 3.05) is 5.32 Å². The van der Waals surface area contributed by atoms with E-state index in [1.54, 1.807) is 30.5 Å². The highest BCUT2D eigenvalue weighted by atomic mass is 16.2. The Morgan fingerprint density at radius 1 is 0.833 bits per heavy atom. The predicted molar refractivity (Wildman–Crippen MR) is 117 cm³/mol. The smallest absolute Gasteiger partial charge is 0.318 e. The first kappa shape index (κ1) is 18.8. The third-order valence-corrected chi connectivity index (χ3v) is 4.65. The van der Waals surface area contributed by atoms with Gasteiger partial charge in [-0.15, -0.1) is 0 Å². The summed E-state index contributed by atoms with van der Waals surface area (Å²) in [6, 6.07) is 26.1. The molecule has 0 aliphatic heterocycles. The quantitative estimate of drug-likeness (QED) is 0.239. The number of hydrogen-bond acceptors (Lipinski definition) is 4.